The second-order valence-corrected chi connectivity index (χ2v) is 5.88. The van der Waals surface area contributed by atoms with Crippen molar-refractivity contribution in [3.63, 3.8) is 0 Å². The minimum absolute atomic E-state index is 0.726. The van der Waals surface area contributed by atoms with Gasteiger partial charge in [-0.25, -0.2) is 0 Å². The Hall–Kier alpha value is -1.59. The molecule has 0 unspecified atom stereocenters. The van der Waals surface area contributed by atoms with E-state index in [1.165, 1.54) is 5.69 Å². The summed E-state index contributed by atoms with van der Waals surface area (Å²) in [5.74, 6) is 0. The van der Waals surface area contributed by atoms with Crippen molar-refractivity contribution in [2.75, 3.05) is 36.5 Å². The van der Waals surface area contributed by atoms with Gasteiger partial charge >= 0.3 is 0 Å². The molecule has 0 saturated carbocycles. The van der Waals surface area contributed by atoms with Gasteiger partial charge in [0.05, 0.1) is 25.5 Å². The van der Waals surface area contributed by atoms with Gasteiger partial charge in [-0.15, -0.1) is 0 Å². The average molecular weight is 348 g/mol. The zero-order chi connectivity index (χ0) is 14.5. The normalized spacial score (nSPS) is 15.0. The minimum Gasteiger partial charge on any atom is -0.379 e. The lowest BCUT2D eigenvalue weighted by Crippen LogP contribution is -2.36. The maximum Gasteiger partial charge on any atom is 0.0642 e. The van der Waals surface area contributed by atoms with Gasteiger partial charge in [-0.05, 0) is 52.3 Å². The molecule has 110 valence electrons. The van der Waals surface area contributed by atoms with Crippen molar-refractivity contribution in [2.45, 2.75) is 6.54 Å². The van der Waals surface area contributed by atoms with Gasteiger partial charge in [-0.2, -0.15) is 0 Å². The molecule has 0 aliphatic carbocycles. The first-order valence-corrected chi connectivity index (χ1v) is 7.88. The third kappa shape index (κ3) is 3.95. The molecular formula is C16H18BrN3O. The number of rotatable bonds is 4. The number of nitrogens with zero attached hydrogens (tertiary/aromatic N) is 2. The third-order valence-electron chi connectivity index (χ3n) is 3.51. The first kappa shape index (κ1) is 14.4. The summed E-state index contributed by atoms with van der Waals surface area (Å²) in [6.07, 6.45) is 1.82. The molecular weight excluding hydrogens is 330 g/mol. The largest absolute Gasteiger partial charge is 0.379 e. The summed E-state index contributed by atoms with van der Waals surface area (Å²) < 4.78 is 6.38. The number of hydrogen-bond donors (Lipinski definition) is 1. The summed E-state index contributed by atoms with van der Waals surface area (Å²) in [4.78, 5) is 6.70. The Balaban J connectivity index is 1.57. The van der Waals surface area contributed by atoms with Crippen molar-refractivity contribution in [3.05, 3.63) is 52.8 Å². The zero-order valence-electron chi connectivity index (χ0n) is 11.8. The van der Waals surface area contributed by atoms with Crippen LogP contribution in [0.4, 0.5) is 11.4 Å². The molecule has 5 heteroatoms. The van der Waals surface area contributed by atoms with Crippen LogP contribution in [-0.2, 0) is 11.3 Å². The van der Waals surface area contributed by atoms with E-state index in [-0.39, 0.29) is 0 Å². The molecule has 1 aromatic carbocycles. The van der Waals surface area contributed by atoms with Gasteiger partial charge in [0.25, 0.3) is 0 Å². The van der Waals surface area contributed by atoms with E-state index in [2.05, 4.69) is 55.4 Å². The van der Waals surface area contributed by atoms with Crippen LogP contribution in [0.2, 0.25) is 0 Å². The second kappa shape index (κ2) is 6.91. The Kier molecular flexibility index (Phi) is 4.72. The van der Waals surface area contributed by atoms with Crippen LogP contribution in [0.5, 0.6) is 0 Å². The fourth-order valence-corrected chi connectivity index (χ4v) is 2.55. The Labute approximate surface area is 133 Å². The Morgan fingerprint density at radius 2 is 1.86 bits per heavy atom. The second-order valence-electron chi connectivity index (χ2n) is 4.97. The molecule has 3 rings (SSSR count). The van der Waals surface area contributed by atoms with Crippen LogP contribution in [0.3, 0.4) is 0 Å². The van der Waals surface area contributed by atoms with E-state index in [1.807, 2.05) is 18.3 Å². The topological polar surface area (TPSA) is 37.4 Å². The van der Waals surface area contributed by atoms with Crippen LogP contribution >= 0.6 is 15.9 Å². The summed E-state index contributed by atoms with van der Waals surface area (Å²) in [5, 5.41) is 3.39. The molecule has 1 N–H and O–H groups in total. The molecule has 1 fully saturated rings. The molecule has 1 aliphatic heterocycles. The van der Waals surface area contributed by atoms with Crippen LogP contribution in [0.25, 0.3) is 0 Å². The zero-order valence-corrected chi connectivity index (χ0v) is 13.3. The van der Waals surface area contributed by atoms with Gasteiger partial charge in [0, 0.05) is 35.1 Å². The molecule has 0 spiro atoms. The van der Waals surface area contributed by atoms with E-state index >= 15 is 0 Å². The number of anilines is 2. The van der Waals surface area contributed by atoms with Gasteiger partial charge in [-0.3, -0.25) is 4.98 Å². The summed E-state index contributed by atoms with van der Waals surface area (Å²) in [6.45, 7) is 4.29. The maximum absolute atomic E-state index is 5.38. The van der Waals surface area contributed by atoms with Crippen LogP contribution in [0.1, 0.15) is 5.69 Å². The molecule has 0 amide bonds. The number of halogens is 1. The number of ether oxygens (including phenoxy) is 1. The molecule has 4 nitrogen and oxygen atoms in total. The highest BCUT2D eigenvalue weighted by molar-refractivity contribution is 9.10. The third-order valence-corrected chi connectivity index (χ3v) is 3.97. The maximum atomic E-state index is 5.38. The molecule has 1 aromatic heterocycles. The number of hydrogen-bond acceptors (Lipinski definition) is 4. The van der Waals surface area contributed by atoms with Crippen molar-refractivity contribution in [3.8, 4) is 0 Å². The number of morpholine rings is 1. The predicted octanol–water partition coefficient (Wildman–Crippen LogP) is 3.29. The van der Waals surface area contributed by atoms with E-state index in [9.17, 15) is 0 Å². The van der Waals surface area contributed by atoms with Gasteiger partial charge in [0.1, 0.15) is 0 Å². The summed E-state index contributed by atoms with van der Waals surface area (Å²) in [6, 6.07) is 12.6. The van der Waals surface area contributed by atoms with Crippen molar-refractivity contribution in [2.24, 2.45) is 0 Å². The van der Waals surface area contributed by atoms with Crippen LogP contribution in [0.15, 0.2) is 47.1 Å². The number of pyridine rings is 1. The highest BCUT2D eigenvalue weighted by atomic mass is 79.9. The standard InChI is InChI=1S/C16H18BrN3O/c17-13-1-2-15(18-11-13)12-19-14-3-5-16(6-4-14)20-7-9-21-10-8-20/h1-6,11,19H,7-10,12H2. The Morgan fingerprint density at radius 1 is 1.10 bits per heavy atom. The number of nitrogens with one attached hydrogen (secondary N) is 1. The van der Waals surface area contributed by atoms with Crippen molar-refractivity contribution < 1.29 is 4.74 Å². The first-order valence-electron chi connectivity index (χ1n) is 7.08. The van der Waals surface area contributed by atoms with Gasteiger partial charge in [-0.1, -0.05) is 0 Å². The SMILES string of the molecule is Brc1ccc(CNc2ccc(N3CCOCC3)cc2)nc1. The van der Waals surface area contributed by atoms with E-state index in [1.54, 1.807) is 0 Å². The smallest absolute Gasteiger partial charge is 0.0642 e. The van der Waals surface area contributed by atoms with E-state index in [4.69, 9.17) is 4.74 Å². The molecule has 0 bridgehead atoms. The summed E-state index contributed by atoms with van der Waals surface area (Å²) in [5.41, 5.74) is 3.39. The highest BCUT2D eigenvalue weighted by Crippen LogP contribution is 2.19. The highest BCUT2D eigenvalue weighted by Gasteiger charge is 2.10. The molecule has 21 heavy (non-hydrogen) atoms. The average Bonchev–Trinajstić information content (AvgIpc) is 2.56. The fraction of sp³-hybridized carbons (Fsp3) is 0.312. The van der Waals surface area contributed by atoms with Crippen LogP contribution in [0, 0.1) is 0 Å². The summed E-state index contributed by atoms with van der Waals surface area (Å²) >= 11 is 3.39. The molecule has 0 atom stereocenters. The summed E-state index contributed by atoms with van der Waals surface area (Å²) in [7, 11) is 0. The van der Waals surface area contributed by atoms with E-state index < -0.39 is 0 Å². The number of benzene rings is 1. The van der Waals surface area contributed by atoms with Gasteiger partial charge in [0.2, 0.25) is 0 Å². The van der Waals surface area contributed by atoms with E-state index in [0.29, 0.717) is 0 Å². The van der Waals surface area contributed by atoms with Gasteiger partial charge in [0.15, 0.2) is 0 Å². The molecule has 0 radical (unpaired) electrons. The molecule has 2 heterocycles. The van der Waals surface area contributed by atoms with Crippen molar-refractivity contribution in [1.82, 2.24) is 4.98 Å². The lowest BCUT2D eigenvalue weighted by Gasteiger charge is -2.28. The molecule has 1 aliphatic rings. The van der Waals surface area contributed by atoms with E-state index in [0.717, 1.165) is 48.7 Å². The molecule has 2 aromatic rings. The van der Waals surface area contributed by atoms with Crippen molar-refractivity contribution >= 4 is 27.3 Å². The first-order chi connectivity index (χ1) is 10.3. The fourth-order valence-electron chi connectivity index (χ4n) is 2.32. The quantitative estimate of drug-likeness (QED) is 0.920. The monoisotopic (exact) mass is 347 g/mol. The number of aromatic nitrogens is 1. The van der Waals surface area contributed by atoms with Crippen LogP contribution in [-0.4, -0.2) is 31.3 Å². The predicted molar refractivity (Wildman–Crippen MR) is 88.7 cm³/mol. The van der Waals surface area contributed by atoms with Gasteiger partial charge < -0.3 is 15.0 Å². The minimum atomic E-state index is 0.726. The lowest BCUT2D eigenvalue weighted by atomic mass is 10.2. The van der Waals surface area contributed by atoms with Crippen molar-refractivity contribution in [1.29, 1.82) is 0 Å². The lowest BCUT2D eigenvalue weighted by molar-refractivity contribution is 0.122. The Bertz CT molecular complexity index is 565. The Morgan fingerprint density at radius 3 is 2.52 bits per heavy atom. The van der Waals surface area contributed by atoms with Crippen LogP contribution < -0.4 is 10.2 Å². The molecule has 1 saturated heterocycles.